The molecule has 0 aromatic rings. The van der Waals surface area contributed by atoms with E-state index in [0.717, 1.165) is 12.3 Å². The minimum atomic E-state index is -4.01. The van der Waals surface area contributed by atoms with Gasteiger partial charge in [0.15, 0.2) is 0 Å². The van der Waals surface area contributed by atoms with Gasteiger partial charge in [0.1, 0.15) is 0 Å². The normalized spacial score (nSPS) is 31.3. The molecule has 0 radical (unpaired) electrons. The fourth-order valence-electron chi connectivity index (χ4n) is 3.13. The lowest BCUT2D eigenvalue weighted by atomic mass is 9.77. The lowest BCUT2D eigenvalue weighted by molar-refractivity contribution is -0.184. The Morgan fingerprint density at radius 2 is 1.67 bits per heavy atom. The maximum absolute atomic E-state index is 12.6. The molecule has 106 valence electrons. The summed E-state index contributed by atoms with van der Waals surface area (Å²) in [6.45, 7) is 0. The topological polar surface area (TPSA) is 38.0 Å². The number of hydrazine groups is 1. The molecule has 1 unspecified atom stereocenters. The van der Waals surface area contributed by atoms with Crippen LogP contribution < -0.4 is 11.3 Å². The number of hydrogen-bond donors (Lipinski definition) is 2. The molecule has 1 atom stereocenters. The first-order valence-electron chi connectivity index (χ1n) is 7.03. The predicted molar refractivity (Wildman–Crippen MR) is 64.6 cm³/mol. The lowest BCUT2D eigenvalue weighted by Gasteiger charge is -2.34. The Balaban J connectivity index is 1.75. The highest BCUT2D eigenvalue weighted by atomic mass is 19.4. The second-order valence-electron chi connectivity index (χ2n) is 5.95. The number of nitrogens with two attached hydrogens (primary N) is 1. The molecule has 18 heavy (non-hydrogen) atoms. The van der Waals surface area contributed by atoms with Crippen LogP contribution in [-0.2, 0) is 0 Å². The summed E-state index contributed by atoms with van der Waals surface area (Å²) in [7, 11) is 0. The Hall–Kier alpha value is -0.290. The van der Waals surface area contributed by atoms with Gasteiger partial charge in [0.2, 0.25) is 0 Å². The summed E-state index contributed by atoms with van der Waals surface area (Å²) in [6, 6.07) is 0.208. The molecular formula is C13H23F3N2. The molecule has 2 aliphatic rings. The molecule has 0 aromatic heterocycles. The van der Waals surface area contributed by atoms with Gasteiger partial charge in [-0.1, -0.05) is 12.8 Å². The van der Waals surface area contributed by atoms with Crippen molar-refractivity contribution in [3.63, 3.8) is 0 Å². The van der Waals surface area contributed by atoms with Gasteiger partial charge in [0, 0.05) is 6.04 Å². The number of rotatable bonds is 5. The van der Waals surface area contributed by atoms with Crippen molar-refractivity contribution in [2.45, 2.75) is 63.6 Å². The van der Waals surface area contributed by atoms with Crippen LogP contribution in [0.3, 0.4) is 0 Å². The Labute approximate surface area is 106 Å². The summed E-state index contributed by atoms with van der Waals surface area (Å²) in [4.78, 5) is 0. The molecule has 2 aliphatic carbocycles. The van der Waals surface area contributed by atoms with E-state index < -0.39 is 12.1 Å². The summed E-state index contributed by atoms with van der Waals surface area (Å²) in [5, 5.41) is 0. The van der Waals surface area contributed by atoms with Crippen molar-refractivity contribution in [3.8, 4) is 0 Å². The molecule has 0 bridgehead atoms. The first kappa shape index (κ1) is 14.1. The Kier molecular flexibility index (Phi) is 4.54. The third-order valence-corrected chi connectivity index (χ3v) is 4.60. The third-order valence-electron chi connectivity index (χ3n) is 4.60. The molecule has 2 rings (SSSR count). The highest BCUT2D eigenvalue weighted by Gasteiger charge is 2.42. The van der Waals surface area contributed by atoms with Crippen molar-refractivity contribution in [2.24, 2.45) is 23.6 Å². The smallest absolute Gasteiger partial charge is 0.271 e. The fourth-order valence-corrected chi connectivity index (χ4v) is 3.13. The van der Waals surface area contributed by atoms with E-state index in [0.29, 0.717) is 18.8 Å². The van der Waals surface area contributed by atoms with Crippen molar-refractivity contribution in [1.82, 2.24) is 5.43 Å². The quantitative estimate of drug-likeness (QED) is 0.590. The maximum Gasteiger partial charge on any atom is 0.391 e. The van der Waals surface area contributed by atoms with Gasteiger partial charge in [-0.05, 0) is 50.4 Å². The van der Waals surface area contributed by atoms with Crippen molar-refractivity contribution in [1.29, 1.82) is 0 Å². The van der Waals surface area contributed by atoms with Crippen LogP contribution >= 0.6 is 0 Å². The first-order chi connectivity index (χ1) is 8.50. The van der Waals surface area contributed by atoms with E-state index in [2.05, 4.69) is 5.43 Å². The van der Waals surface area contributed by atoms with Crippen LogP contribution in [0.4, 0.5) is 13.2 Å². The van der Waals surface area contributed by atoms with Crippen LogP contribution in [0.15, 0.2) is 0 Å². The van der Waals surface area contributed by atoms with E-state index in [1.165, 1.54) is 19.3 Å². The minimum absolute atomic E-state index is 0.208. The lowest BCUT2D eigenvalue weighted by Crippen LogP contribution is -2.43. The van der Waals surface area contributed by atoms with Crippen LogP contribution in [0.1, 0.15) is 51.4 Å². The highest BCUT2D eigenvalue weighted by Crippen LogP contribution is 2.41. The maximum atomic E-state index is 12.6. The SMILES string of the molecule is NNC(CCC1CC1)C1CCC(C(F)(F)F)CC1. The molecule has 0 spiro atoms. The zero-order valence-corrected chi connectivity index (χ0v) is 10.7. The zero-order chi connectivity index (χ0) is 13.2. The summed E-state index contributed by atoms with van der Waals surface area (Å²) in [6.07, 6.45) is 2.68. The summed E-state index contributed by atoms with van der Waals surface area (Å²) < 4.78 is 37.7. The van der Waals surface area contributed by atoms with Crippen molar-refractivity contribution < 1.29 is 13.2 Å². The van der Waals surface area contributed by atoms with Crippen LogP contribution in [0.25, 0.3) is 0 Å². The summed E-state index contributed by atoms with van der Waals surface area (Å²) in [5.74, 6) is 5.65. The number of hydrogen-bond acceptors (Lipinski definition) is 2. The highest BCUT2D eigenvalue weighted by molar-refractivity contribution is 4.85. The van der Waals surface area contributed by atoms with Crippen molar-refractivity contribution >= 4 is 0 Å². The predicted octanol–water partition coefficient (Wildman–Crippen LogP) is 3.38. The largest absolute Gasteiger partial charge is 0.391 e. The summed E-state index contributed by atoms with van der Waals surface area (Å²) >= 11 is 0. The minimum Gasteiger partial charge on any atom is -0.271 e. The van der Waals surface area contributed by atoms with Gasteiger partial charge in [-0.15, -0.1) is 0 Å². The van der Waals surface area contributed by atoms with Crippen molar-refractivity contribution in [2.75, 3.05) is 0 Å². The van der Waals surface area contributed by atoms with Crippen LogP contribution in [0.5, 0.6) is 0 Å². The number of halogens is 3. The van der Waals surface area contributed by atoms with Gasteiger partial charge in [0.05, 0.1) is 5.92 Å². The molecule has 0 saturated heterocycles. The van der Waals surface area contributed by atoms with Crippen LogP contribution in [-0.4, -0.2) is 12.2 Å². The van der Waals surface area contributed by atoms with E-state index in [4.69, 9.17) is 5.84 Å². The Morgan fingerprint density at radius 1 is 1.06 bits per heavy atom. The summed E-state index contributed by atoms with van der Waals surface area (Å²) in [5.41, 5.74) is 2.83. The molecule has 0 aliphatic heterocycles. The third kappa shape index (κ3) is 3.85. The van der Waals surface area contributed by atoms with E-state index in [1.807, 2.05) is 0 Å². The second kappa shape index (κ2) is 5.78. The van der Waals surface area contributed by atoms with Crippen LogP contribution in [0, 0.1) is 17.8 Å². The molecule has 0 heterocycles. The second-order valence-corrected chi connectivity index (χ2v) is 5.95. The average molecular weight is 264 g/mol. The number of nitrogens with one attached hydrogen (secondary N) is 1. The van der Waals surface area contributed by atoms with Gasteiger partial charge >= 0.3 is 6.18 Å². The number of alkyl halides is 3. The van der Waals surface area contributed by atoms with E-state index >= 15 is 0 Å². The first-order valence-corrected chi connectivity index (χ1v) is 7.03. The van der Waals surface area contributed by atoms with Gasteiger partial charge < -0.3 is 0 Å². The molecule has 0 aromatic carbocycles. The molecule has 2 fully saturated rings. The Morgan fingerprint density at radius 3 is 2.11 bits per heavy atom. The molecule has 0 amide bonds. The molecule has 2 nitrogen and oxygen atoms in total. The zero-order valence-electron chi connectivity index (χ0n) is 10.7. The van der Waals surface area contributed by atoms with Gasteiger partial charge in [0.25, 0.3) is 0 Å². The van der Waals surface area contributed by atoms with Gasteiger partial charge in [-0.25, -0.2) is 0 Å². The molecular weight excluding hydrogens is 241 g/mol. The average Bonchev–Trinajstić information content (AvgIpc) is 3.13. The standard InChI is InChI=1S/C13H23F3N2/c14-13(15,16)11-6-4-10(5-7-11)12(18-17)8-3-9-1-2-9/h9-12,18H,1-8,17H2. The molecule has 2 saturated carbocycles. The fraction of sp³-hybridized carbons (Fsp3) is 1.00. The van der Waals surface area contributed by atoms with E-state index in [1.54, 1.807) is 0 Å². The molecule has 3 N–H and O–H groups in total. The van der Waals surface area contributed by atoms with Crippen LogP contribution in [0.2, 0.25) is 0 Å². The van der Waals surface area contributed by atoms with Gasteiger partial charge in [-0.2, -0.15) is 13.2 Å². The Bertz CT molecular complexity index is 255. The van der Waals surface area contributed by atoms with E-state index in [9.17, 15) is 13.2 Å². The van der Waals surface area contributed by atoms with Crippen molar-refractivity contribution in [3.05, 3.63) is 0 Å². The van der Waals surface area contributed by atoms with E-state index in [-0.39, 0.29) is 18.9 Å². The monoisotopic (exact) mass is 264 g/mol. The molecule has 5 heteroatoms. The van der Waals surface area contributed by atoms with Gasteiger partial charge in [-0.3, -0.25) is 11.3 Å².